The molecule has 8 nitrogen and oxygen atoms in total. The Morgan fingerprint density at radius 1 is 1.53 bits per heavy atom. The topological polar surface area (TPSA) is 120 Å². The van der Waals surface area contributed by atoms with Gasteiger partial charge in [0, 0.05) is 6.54 Å². The lowest BCUT2D eigenvalue weighted by Crippen LogP contribution is -2.38. The highest BCUT2D eigenvalue weighted by Gasteiger charge is 2.32. The van der Waals surface area contributed by atoms with Crippen LogP contribution in [-0.4, -0.2) is 49.8 Å². The van der Waals surface area contributed by atoms with E-state index in [1.165, 1.54) is 5.51 Å². The fraction of sp³-hybridized carbons (Fsp3) is 0.444. The Hall–Kier alpha value is -1.52. The van der Waals surface area contributed by atoms with E-state index >= 15 is 0 Å². The van der Waals surface area contributed by atoms with Crippen molar-refractivity contribution in [3.8, 4) is 0 Å². The molecule has 0 radical (unpaired) electrons. The Kier molecular flexibility index (Phi) is 4.97. The van der Waals surface area contributed by atoms with Gasteiger partial charge in [-0.15, -0.1) is 11.3 Å². The molecule has 0 bridgehead atoms. The maximum atomic E-state index is 12.3. The van der Waals surface area contributed by atoms with Gasteiger partial charge in [0.2, 0.25) is 5.91 Å². The van der Waals surface area contributed by atoms with Crippen molar-refractivity contribution >= 4 is 33.2 Å². The second-order valence-corrected chi connectivity index (χ2v) is 6.37. The number of hydrogen-bond acceptors (Lipinski definition) is 7. The van der Waals surface area contributed by atoms with Crippen LogP contribution in [0.1, 0.15) is 17.4 Å². The molecule has 0 saturated carbocycles. The third-order valence-electron chi connectivity index (χ3n) is 2.17. The second kappa shape index (κ2) is 6.08. The molecule has 1 heterocycles. The quantitative estimate of drug-likeness (QED) is 0.702. The van der Waals surface area contributed by atoms with Gasteiger partial charge in [-0.2, -0.15) is 4.31 Å². The van der Waals surface area contributed by atoms with Gasteiger partial charge in [-0.1, -0.05) is 6.92 Å². The highest BCUT2D eigenvalue weighted by molar-refractivity contribution is 7.91. The van der Waals surface area contributed by atoms with Crippen LogP contribution in [0.5, 0.6) is 0 Å². The smallest absolute Gasteiger partial charge is 0.358 e. The molecule has 0 atom stereocenters. The molecule has 1 aromatic heterocycles. The fourth-order valence-electron chi connectivity index (χ4n) is 1.31. The molecule has 1 rings (SSSR count). The molecule has 0 aliphatic rings. The average Bonchev–Trinajstić information content (AvgIpc) is 2.84. The minimum Gasteiger partial charge on any atom is -0.464 e. The number of sulfonamides is 1. The number of ether oxygens (including phenoxy) is 1. The number of thiazole rings is 1. The van der Waals surface area contributed by atoms with Gasteiger partial charge < -0.3 is 10.5 Å². The Labute approximate surface area is 114 Å². The molecule has 0 saturated heterocycles. The molecule has 106 valence electrons. The number of primary amides is 1. The predicted molar refractivity (Wildman–Crippen MR) is 67.1 cm³/mol. The van der Waals surface area contributed by atoms with Crippen molar-refractivity contribution in [2.45, 2.75) is 11.1 Å². The number of carbonyl (C=O) groups excluding carboxylic acids is 2. The number of aromatic nitrogens is 1. The Bertz CT molecular complexity index is 580. The van der Waals surface area contributed by atoms with Gasteiger partial charge in [0.25, 0.3) is 10.0 Å². The summed E-state index contributed by atoms with van der Waals surface area (Å²) in [6.07, 6.45) is 0. The van der Waals surface area contributed by atoms with Crippen molar-refractivity contribution in [3.63, 3.8) is 0 Å². The van der Waals surface area contributed by atoms with E-state index in [1.807, 2.05) is 0 Å². The summed E-state index contributed by atoms with van der Waals surface area (Å²) in [5, 5.41) is 0. The van der Waals surface area contributed by atoms with Crippen LogP contribution >= 0.6 is 11.3 Å². The number of amides is 1. The molecular weight excluding hydrogens is 294 g/mol. The summed E-state index contributed by atoms with van der Waals surface area (Å²) in [5.41, 5.74) is 5.92. The first-order valence-corrected chi connectivity index (χ1v) is 7.46. The molecular formula is C9H13N3O5S2. The zero-order valence-electron chi connectivity index (χ0n) is 10.3. The summed E-state index contributed by atoms with van der Waals surface area (Å²) >= 11 is 0.777. The third kappa shape index (κ3) is 3.28. The molecule has 0 spiro atoms. The molecule has 2 N–H and O–H groups in total. The third-order valence-corrected chi connectivity index (χ3v) is 5.44. The molecule has 10 heteroatoms. The van der Waals surface area contributed by atoms with E-state index in [4.69, 9.17) is 5.73 Å². The maximum Gasteiger partial charge on any atom is 0.358 e. The van der Waals surface area contributed by atoms with Crippen molar-refractivity contribution in [1.82, 2.24) is 9.29 Å². The van der Waals surface area contributed by atoms with Crippen LogP contribution in [0.4, 0.5) is 0 Å². The molecule has 0 fully saturated rings. The van der Waals surface area contributed by atoms with Crippen LogP contribution in [0.15, 0.2) is 9.72 Å². The van der Waals surface area contributed by atoms with Gasteiger partial charge in [0.15, 0.2) is 9.90 Å². The van der Waals surface area contributed by atoms with Gasteiger partial charge in [-0.3, -0.25) is 4.79 Å². The highest BCUT2D eigenvalue weighted by Crippen LogP contribution is 2.24. The Morgan fingerprint density at radius 3 is 2.63 bits per heavy atom. The van der Waals surface area contributed by atoms with Gasteiger partial charge in [0.1, 0.15) is 0 Å². The zero-order valence-corrected chi connectivity index (χ0v) is 12.0. The van der Waals surface area contributed by atoms with Crippen LogP contribution in [0.25, 0.3) is 0 Å². The Balaban J connectivity index is 3.23. The first-order valence-electron chi connectivity index (χ1n) is 5.14. The van der Waals surface area contributed by atoms with Crippen LogP contribution in [-0.2, 0) is 19.6 Å². The minimum absolute atomic E-state index is 0.0454. The van der Waals surface area contributed by atoms with E-state index in [0.717, 1.165) is 22.8 Å². The number of likely N-dealkylation sites (N-methyl/N-ethyl adjacent to an activating group) is 1. The van der Waals surface area contributed by atoms with E-state index in [1.54, 1.807) is 6.92 Å². The number of carbonyl (C=O) groups is 2. The molecule has 1 aromatic rings. The minimum atomic E-state index is -4.00. The second-order valence-electron chi connectivity index (χ2n) is 3.38. The molecule has 1 amide bonds. The van der Waals surface area contributed by atoms with Crippen molar-refractivity contribution in [1.29, 1.82) is 0 Å². The number of nitrogens with two attached hydrogens (primary N) is 1. The molecule has 19 heavy (non-hydrogen) atoms. The summed E-state index contributed by atoms with van der Waals surface area (Å²) in [4.78, 5) is 26.0. The van der Waals surface area contributed by atoms with Crippen LogP contribution in [0, 0.1) is 0 Å². The highest BCUT2D eigenvalue weighted by atomic mass is 32.2. The summed E-state index contributed by atoms with van der Waals surface area (Å²) in [5.74, 6) is -1.63. The summed E-state index contributed by atoms with van der Waals surface area (Å²) in [6, 6.07) is 0. The van der Waals surface area contributed by atoms with Gasteiger partial charge in [-0.25, -0.2) is 18.2 Å². The van der Waals surface area contributed by atoms with Gasteiger partial charge >= 0.3 is 5.97 Å². The van der Waals surface area contributed by atoms with Crippen LogP contribution in [0.2, 0.25) is 0 Å². The number of nitrogens with zero attached hydrogens (tertiary/aromatic N) is 2. The van der Waals surface area contributed by atoms with E-state index in [9.17, 15) is 18.0 Å². The lowest BCUT2D eigenvalue weighted by molar-refractivity contribution is -0.118. The number of esters is 1. The van der Waals surface area contributed by atoms with Crippen molar-refractivity contribution in [2.75, 3.05) is 20.2 Å². The summed E-state index contributed by atoms with van der Waals surface area (Å²) < 4.78 is 29.6. The molecule has 0 aliphatic carbocycles. The SMILES string of the molecule is CCN(CC(N)=O)S(=O)(=O)c1scnc1C(=O)OC. The molecule has 0 unspecified atom stereocenters. The standard InChI is InChI=1S/C9H13N3O5S2/c1-3-12(4-6(10)13)19(15,16)9-7(8(14)17-2)11-5-18-9/h5H,3-4H2,1-2H3,(H2,10,13). The van der Waals surface area contributed by atoms with E-state index in [0.29, 0.717) is 0 Å². The van der Waals surface area contributed by atoms with Crippen LogP contribution in [0.3, 0.4) is 0 Å². The van der Waals surface area contributed by atoms with Crippen molar-refractivity contribution in [3.05, 3.63) is 11.2 Å². The van der Waals surface area contributed by atoms with E-state index in [-0.39, 0.29) is 16.4 Å². The van der Waals surface area contributed by atoms with E-state index in [2.05, 4.69) is 9.72 Å². The summed E-state index contributed by atoms with van der Waals surface area (Å²) in [7, 11) is -2.88. The Morgan fingerprint density at radius 2 is 2.16 bits per heavy atom. The van der Waals surface area contributed by atoms with Crippen molar-refractivity contribution in [2.24, 2.45) is 5.73 Å². The van der Waals surface area contributed by atoms with Gasteiger partial charge in [0.05, 0.1) is 19.2 Å². The first kappa shape index (κ1) is 15.5. The maximum absolute atomic E-state index is 12.3. The van der Waals surface area contributed by atoms with Crippen molar-refractivity contribution < 1.29 is 22.7 Å². The number of hydrogen-bond donors (Lipinski definition) is 1. The zero-order chi connectivity index (χ0) is 14.6. The lowest BCUT2D eigenvalue weighted by atomic mass is 10.5. The molecule has 0 aliphatic heterocycles. The number of methoxy groups -OCH3 is 1. The average molecular weight is 307 g/mol. The normalized spacial score (nSPS) is 11.5. The molecule has 0 aromatic carbocycles. The van der Waals surface area contributed by atoms with E-state index < -0.39 is 28.4 Å². The monoisotopic (exact) mass is 307 g/mol. The fourth-order valence-corrected chi connectivity index (χ4v) is 3.99. The number of rotatable bonds is 6. The summed E-state index contributed by atoms with van der Waals surface area (Å²) in [6.45, 7) is 1.14. The predicted octanol–water partition coefficient (Wildman–Crippen LogP) is -0.574. The van der Waals surface area contributed by atoms with Crippen LogP contribution < -0.4 is 5.73 Å². The van der Waals surface area contributed by atoms with Gasteiger partial charge in [-0.05, 0) is 0 Å². The largest absolute Gasteiger partial charge is 0.464 e. The first-order chi connectivity index (χ1) is 8.84. The lowest BCUT2D eigenvalue weighted by Gasteiger charge is -2.17.